The second kappa shape index (κ2) is 13.0. The van der Waals surface area contributed by atoms with Crippen molar-refractivity contribution in [2.75, 3.05) is 38.7 Å². The number of anilines is 1. The maximum Gasteiger partial charge on any atom is 0.221 e. The lowest BCUT2D eigenvalue weighted by atomic mass is 9.67. The van der Waals surface area contributed by atoms with Crippen LogP contribution in [0.1, 0.15) is 45.1 Å². The average molecular weight is 502 g/mol. The third-order valence-electron chi connectivity index (χ3n) is 5.15. The predicted octanol–water partition coefficient (Wildman–Crippen LogP) is 3.57. The third kappa shape index (κ3) is 8.34. The van der Waals surface area contributed by atoms with Crippen molar-refractivity contribution in [3.63, 3.8) is 0 Å². The summed E-state index contributed by atoms with van der Waals surface area (Å²) in [6, 6.07) is 7.97. The summed E-state index contributed by atoms with van der Waals surface area (Å²) in [6.45, 7) is 6.94. The van der Waals surface area contributed by atoms with Crippen LogP contribution in [0.5, 0.6) is 0 Å². The normalized spacial score (nSPS) is 15.2. The fourth-order valence-corrected chi connectivity index (χ4v) is 3.35. The Morgan fingerprint density at radius 1 is 1.21 bits per heavy atom. The number of methoxy groups -OCH3 is 1. The van der Waals surface area contributed by atoms with Gasteiger partial charge in [0, 0.05) is 46.0 Å². The number of hydrogen-bond donors (Lipinski definition) is 3. The average Bonchev–Trinajstić information content (AvgIpc) is 2.61. The molecule has 1 amide bonds. The molecule has 0 radical (unpaired) electrons. The van der Waals surface area contributed by atoms with Crippen LogP contribution >= 0.6 is 24.0 Å². The monoisotopic (exact) mass is 502 g/mol. The zero-order valence-electron chi connectivity index (χ0n) is 17.3. The van der Waals surface area contributed by atoms with Crippen molar-refractivity contribution in [2.45, 2.75) is 46.0 Å². The second-order valence-corrected chi connectivity index (χ2v) is 7.35. The van der Waals surface area contributed by atoms with E-state index in [1.54, 1.807) is 7.11 Å². The van der Waals surface area contributed by atoms with Gasteiger partial charge in [-0.25, -0.2) is 0 Å². The van der Waals surface area contributed by atoms with Crippen LogP contribution in [-0.2, 0) is 16.0 Å². The van der Waals surface area contributed by atoms with E-state index in [2.05, 4.69) is 22.9 Å². The van der Waals surface area contributed by atoms with Gasteiger partial charge in [-0.2, -0.15) is 0 Å². The number of rotatable bonds is 10. The van der Waals surface area contributed by atoms with E-state index in [4.69, 9.17) is 9.73 Å². The van der Waals surface area contributed by atoms with Crippen molar-refractivity contribution in [3.8, 4) is 0 Å². The van der Waals surface area contributed by atoms with Gasteiger partial charge in [0.1, 0.15) is 0 Å². The highest BCUT2D eigenvalue weighted by atomic mass is 127. The molecule has 3 N–H and O–H groups in total. The Hall–Kier alpha value is -1.35. The molecule has 1 saturated carbocycles. The maximum atomic E-state index is 11.1. The zero-order valence-corrected chi connectivity index (χ0v) is 19.7. The minimum absolute atomic E-state index is 0. The van der Waals surface area contributed by atoms with Gasteiger partial charge in [-0.3, -0.25) is 9.79 Å². The minimum Gasteiger partial charge on any atom is -0.385 e. The fourth-order valence-electron chi connectivity index (χ4n) is 3.35. The van der Waals surface area contributed by atoms with Gasteiger partial charge in [-0.1, -0.05) is 18.6 Å². The van der Waals surface area contributed by atoms with Crippen molar-refractivity contribution in [2.24, 2.45) is 10.4 Å². The minimum atomic E-state index is -0.0503. The highest BCUT2D eigenvalue weighted by molar-refractivity contribution is 14.0. The van der Waals surface area contributed by atoms with Crippen LogP contribution in [0.15, 0.2) is 29.3 Å². The smallest absolute Gasteiger partial charge is 0.221 e. The summed E-state index contributed by atoms with van der Waals surface area (Å²) in [5, 5.41) is 9.55. The molecule has 0 bridgehead atoms. The molecule has 1 aromatic carbocycles. The van der Waals surface area contributed by atoms with Crippen LogP contribution in [0, 0.1) is 5.41 Å². The van der Waals surface area contributed by atoms with Crippen LogP contribution in [-0.4, -0.2) is 45.2 Å². The Morgan fingerprint density at radius 2 is 1.93 bits per heavy atom. The van der Waals surface area contributed by atoms with Gasteiger partial charge >= 0.3 is 0 Å². The molecular formula is C21H35IN4O2. The molecule has 2 rings (SSSR count). The molecule has 0 saturated heterocycles. The molecule has 0 aliphatic heterocycles. The molecule has 0 heterocycles. The summed E-state index contributed by atoms with van der Waals surface area (Å²) in [5.74, 6) is 0.835. The van der Waals surface area contributed by atoms with Crippen LogP contribution in [0.25, 0.3) is 0 Å². The lowest BCUT2D eigenvalue weighted by Gasteiger charge is -2.40. The van der Waals surface area contributed by atoms with Gasteiger partial charge in [-0.15, -0.1) is 24.0 Å². The molecule has 0 aromatic heterocycles. The number of aliphatic imine (C=N–C) groups is 1. The second-order valence-electron chi connectivity index (χ2n) is 7.35. The van der Waals surface area contributed by atoms with Crippen LogP contribution in [0.3, 0.4) is 0 Å². The van der Waals surface area contributed by atoms with Gasteiger partial charge in [0.05, 0.1) is 0 Å². The van der Waals surface area contributed by atoms with Gasteiger partial charge < -0.3 is 20.7 Å². The highest BCUT2D eigenvalue weighted by Gasteiger charge is 2.36. The number of amides is 1. The number of halogens is 1. The Labute approximate surface area is 186 Å². The summed E-state index contributed by atoms with van der Waals surface area (Å²) in [7, 11) is 1.77. The number of carbonyl (C=O) groups is 1. The van der Waals surface area contributed by atoms with Gasteiger partial charge in [-0.05, 0) is 55.7 Å². The molecule has 0 spiro atoms. The first-order valence-electron chi connectivity index (χ1n) is 9.94. The molecular weight excluding hydrogens is 467 g/mol. The maximum absolute atomic E-state index is 11.1. The van der Waals surface area contributed by atoms with Gasteiger partial charge in [0.15, 0.2) is 5.96 Å². The van der Waals surface area contributed by atoms with Crippen LogP contribution < -0.4 is 16.0 Å². The Bertz CT molecular complexity index is 615. The van der Waals surface area contributed by atoms with Crippen molar-refractivity contribution < 1.29 is 9.53 Å². The van der Waals surface area contributed by atoms with Crippen molar-refractivity contribution in [3.05, 3.63) is 29.8 Å². The summed E-state index contributed by atoms with van der Waals surface area (Å²) in [5.41, 5.74) is 2.39. The molecule has 1 aliphatic carbocycles. The lowest BCUT2D eigenvalue weighted by Crippen LogP contribution is -2.41. The standard InChI is InChI=1S/C21H34N4O2.HI/c1-4-22-20(24-16-21(11-5-12-21)13-15-27-3)23-14-10-18-6-8-19(9-7-18)25-17(2)26;/h6-9H,4-5,10-16H2,1-3H3,(H,25,26)(H2,22,23,24);1H. The molecule has 6 nitrogen and oxygen atoms in total. The number of nitrogens with zero attached hydrogens (tertiary/aromatic N) is 1. The molecule has 7 heteroatoms. The number of ether oxygens (including phenoxy) is 1. The first kappa shape index (κ1) is 24.7. The first-order valence-corrected chi connectivity index (χ1v) is 9.94. The third-order valence-corrected chi connectivity index (χ3v) is 5.15. The van der Waals surface area contributed by atoms with E-state index in [0.29, 0.717) is 5.41 Å². The zero-order chi connectivity index (χ0) is 19.5. The van der Waals surface area contributed by atoms with E-state index >= 15 is 0 Å². The fraction of sp³-hybridized carbons (Fsp3) is 0.619. The summed E-state index contributed by atoms with van der Waals surface area (Å²) < 4.78 is 5.27. The summed E-state index contributed by atoms with van der Waals surface area (Å²) in [6.07, 6.45) is 5.80. The van der Waals surface area contributed by atoms with E-state index < -0.39 is 0 Å². The molecule has 1 fully saturated rings. The summed E-state index contributed by atoms with van der Waals surface area (Å²) in [4.78, 5) is 15.9. The Kier molecular flexibility index (Phi) is 11.4. The van der Waals surface area contributed by atoms with E-state index in [1.165, 1.54) is 31.7 Å². The van der Waals surface area contributed by atoms with E-state index in [0.717, 1.165) is 50.7 Å². The van der Waals surface area contributed by atoms with Gasteiger partial charge in [0.25, 0.3) is 0 Å². The predicted molar refractivity (Wildman–Crippen MR) is 127 cm³/mol. The van der Waals surface area contributed by atoms with Crippen molar-refractivity contribution >= 4 is 41.5 Å². The molecule has 158 valence electrons. The highest BCUT2D eigenvalue weighted by Crippen LogP contribution is 2.44. The Morgan fingerprint density at radius 3 is 2.46 bits per heavy atom. The van der Waals surface area contributed by atoms with Crippen LogP contribution in [0.4, 0.5) is 5.69 Å². The number of carbonyl (C=O) groups excluding carboxylic acids is 1. The molecule has 0 atom stereocenters. The molecule has 1 aliphatic rings. The SMILES string of the molecule is CCNC(=NCC1(CCOC)CCC1)NCCc1ccc(NC(C)=O)cc1.I. The van der Waals surface area contributed by atoms with Crippen molar-refractivity contribution in [1.82, 2.24) is 10.6 Å². The van der Waals surface area contributed by atoms with Crippen molar-refractivity contribution in [1.29, 1.82) is 0 Å². The molecule has 1 aromatic rings. The largest absolute Gasteiger partial charge is 0.385 e. The number of guanidine groups is 1. The Balaban J connectivity index is 0.00000392. The summed E-state index contributed by atoms with van der Waals surface area (Å²) >= 11 is 0. The van der Waals surface area contributed by atoms with E-state index in [1.807, 2.05) is 24.3 Å². The molecule has 0 unspecified atom stereocenters. The number of hydrogen-bond acceptors (Lipinski definition) is 3. The number of nitrogens with one attached hydrogen (secondary N) is 3. The quantitative estimate of drug-likeness (QED) is 0.260. The first-order chi connectivity index (χ1) is 13.1. The topological polar surface area (TPSA) is 74.8 Å². The van der Waals surface area contributed by atoms with Gasteiger partial charge in [0.2, 0.25) is 5.91 Å². The number of benzene rings is 1. The van der Waals surface area contributed by atoms with E-state index in [9.17, 15) is 4.79 Å². The van der Waals surface area contributed by atoms with Crippen LogP contribution in [0.2, 0.25) is 0 Å². The lowest BCUT2D eigenvalue weighted by molar-refractivity contribution is -0.114. The molecule has 28 heavy (non-hydrogen) atoms. The van der Waals surface area contributed by atoms with E-state index in [-0.39, 0.29) is 29.9 Å².